The number of aromatic nitrogens is 2. The van der Waals surface area contributed by atoms with Gasteiger partial charge in [0.15, 0.2) is 0 Å². The summed E-state index contributed by atoms with van der Waals surface area (Å²) >= 11 is 0. The van der Waals surface area contributed by atoms with Crippen LogP contribution in [-0.2, 0) is 17.2 Å². The molecule has 1 aromatic heterocycles. The Kier molecular flexibility index (Phi) is 7.41. The van der Waals surface area contributed by atoms with Crippen molar-refractivity contribution in [1.29, 1.82) is 0 Å². The number of hydrogen-bond donors (Lipinski definition) is 2. The van der Waals surface area contributed by atoms with E-state index in [0.29, 0.717) is 11.9 Å². The van der Waals surface area contributed by atoms with Crippen molar-refractivity contribution in [1.82, 2.24) is 9.36 Å². The van der Waals surface area contributed by atoms with Crippen LogP contribution in [-0.4, -0.2) is 58.1 Å². The Labute approximate surface area is 145 Å². The average Bonchev–Trinajstić information content (AvgIpc) is 2.53. The van der Waals surface area contributed by atoms with Crippen LogP contribution in [0.1, 0.15) is 5.69 Å². The third kappa shape index (κ3) is 5.68. The molecule has 1 aromatic carbocycles. The maximum atomic E-state index is 11.8. The Bertz CT molecular complexity index is 743. The number of anilines is 1. The van der Waals surface area contributed by atoms with Gasteiger partial charge < -0.3 is 5.73 Å². The molecule has 7 nitrogen and oxygen atoms in total. The number of para-hydroxylation sites is 1. The number of benzene rings is 1. The summed E-state index contributed by atoms with van der Waals surface area (Å²) in [4.78, 5) is 11.8. The van der Waals surface area contributed by atoms with Gasteiger partial charge in [0.05, 0.1) is 17.6 Å². The first-order valence-corrected chi connectivity index (χ1v) is 7.49. The molecular weight excluding hydrogens is 305 g/mol. The van der Waals surface area contributed by atoms with E-state index in [9.17, 15) is 13.2 Å². The van der Waals surface area contributed by atoms with Crippen molar-refractivity contribution < 1.29 is 13.0 Å². The van der Waals surface area contributed by atoms with Gasteiger partial charge in [-0.15, -0.1) is 0 Å². The van der Waals surface area contributed by atoms with E-state index in [2.05, 4.69) is 0 Å². The third-order valence-electron chi connectivity index (χ3n) is 2.60. The zero-order valence-electron chi connectivity index (χ0n) is 11.4. The molecule has 0 aliphatic carbocycles. The summed E-state index contributed by atoms with van der Waals surface area (Å²) in [5.41, 5.74) is 7.43. The van der Waals surface area contributed by atoms with E-state index in [1.807, 2.05) is 44.3 Å². The van der Waals surface area contributed by atoms with Gasteiger partial charge in [0.25, 0.3) is 15.7 Å². The zero-order chi connectivity index (χ0) is 15.5. The fourth-order valence-electron chi connectivity index (χ4n) is 1.59. The topological polar surface area (TPSA) is 107 Å². The molecule has 0 amide bonds. The van der Waals surface area contributed by atoms with E-state index in [-0.39, 0.29) is 35.1 Å². The van der Waals surface area contributed by atoms with Crippen LogP contribution in [0.3, 0.4) is 0 Å². The van der Waals surface area contributed by atoms with E-state index in [4.69, 9.17) is 10.3 Å². The van der Waals surface area contributed by atoms with Gasteiger partial charge in [0.2, 0.25) is 0 Å². The van der Waals surface area contributed by atoms with E-state index in [0.717, 1.165) is 11.4 Å². The summed E-state index contributed by atoms with van der Waals surface area (Å²) in [7, 11) is -1.85. The first kappa shape index (κ1) is 19.9. The SMILES string of the molecule is CS(=O)(=O)O.Cc1c(N)c(=O)n(-c2ccccc2)n1C.[NaH]. The standard InChI is InChI=1S/C11H13N3O.CH4O3S.Na.H/c1-8-10(12)11(15)14(13(8)2)9-6-4-3-5-7-9;1-5(2,3)4;;/h3-7H,12H2,1-2H3;1H3,(H,2,3,4);;. The van der Waals surface area contributed by atoms with Gasteiger partial charge in [-0.05, 0) is 19.1 Å². The molecule has 9 heteroatoms. The predicted molar refractivity (Wildman–Crippen MR) is 84.8 cm³/mol. The van der Waals surface area contributed by atoms with Gasteiger partial charge in [0, 0.05) is 7.05 Å². The molecular formula is C12H18N3NaO4S. The van der Waals surface area contributed by atoms with Crippen molar-refractivity contribution in [2.75, 3.05) is 12.0 Å². The molecule has 0 aliphatic rings. The molecule has 0 unspecified atom stereocenters. The Morgan fingerprint density at radius 1 is 1.19 bits per heavy atom. The summed E-state index contributed by atoms with van der Waals surface area (Å²) < 4.78 is 29.2. The molecule has 112 valence electrons. The average molecular weight is 323 g/mol. The minimum absolute atomic E-state index is 0. The van der Waals surface area contributed by atoms with Crippen LogP contribution < -0.4 is 11.3 Å². The molecule has 21 heavy (non-hydrogen) atoms. The molecule has 0 bridgehead atoms. The Balaban J connectivity index is 0.000000583. The first-order chi connectivity index (χ1) is 9.13. The summed E-state index contributed by atoms with van der Waals surface area (Å²) in [6, 6.07) is 9.44. The quantitative estimate of drug-likeness (QED) is 0.564. The number of nitrogens with zero attached hydrogens (tertiary/aromatic N) is 2. The minimum atomic E-state index is -3.67. The van der Waals surface area contributed by atoms with Crippen LogP contribution in [0.15, 0.2) is 35.1 Å². The van der Waals surface area contributed by atoms with Crippen molar-refractivity contribution >= 4 is 45.4 Å². The summed E-state index contributed by atoms with van der Waals surface area (Å²) in [5, 5.41) is 0. The molecule has 0 radical (unpaired) electrons. The summed E-state index contributed by atoms with van der Waals surface area (Å²) in [6.07, 6.45) is 0.715. The number of nitrogens with two attached hydrogens (primary N) is 1. The summed E-state index contributed by atoms with van der Waals surface area (Å²) in [6.45, 7) is 1.83. The van der Waals surface area contributed by atoms with Crippen molar-refractivity contribution in [3.8, 4) is 5.69 Å². The number of rotatable bonds is 1. The van der Waals surface area contributed by atoms with E-state index in [1.165, 1.54) is 0 Å². The molecule has 0 spiro atoms. The van der Waals surface area contributed by atoms with Crippen LogP contribution in [0, 0.1) is 6.92 Å². The second-order valence-corrected chi connectivity index (χ2v) is 5.67. The van der Waals surface area contributed by atoms with E-state index in [1.54, 1.807) is 9.36 Å². The van der Waals surface area contributed by atoms with Crippen LogP contribution in [0.4, 0.5) is 5.69 Å². The molecule has 2 aromatic rings. The molecule has 2 rings (SSSR count). The van der Waals surface area contributed by atoms with Gasteiger partial charge in [-0.25, -0.2) is 4.68 Å². The van der Waals surface area contributed by atoms with E-state index >= 15 is 0 Å². The monoisotopic (exact) mass is 323 g/mol. The molecule has 0 atom stereocenters. The number of hydrogen-bond acceptors (Lipinski definition) is 4. The van der Waals surface area contributed by atoms with Gasteiger partial charge >= 0.3 is 29.6 Å². The zero-order valence-corrected chi connectivity index (χ0v) is 12.3. The van der Waals surface area contributed by atoms with Crippen LogP contribution in [0.25, 0.3) is 5.69 Å². The second kappa shape index (κ2) is 7.81. The molecule has 0 aliphatic heterocycles. The van der Waals surface area contributed by atoms with Crippen molar-refractivity contribution in [3.05, 3.63) is 46.4 Å². The van der Waals surface area contributed by atoms with Crippen LogP contribution in [0.2, 0.25) is 0 Å². The molecule has 3 N–H and O–H groups in total. The molecule has 0 saturated carbocycles. The normalized spacial score (nSPS) is 10.3. The molecule has 0 saturated heterocycles. The first-order valence-electron chi connectivity index (χ1n) is 5.65. The Morgan fingerprint density at radius 3 is 1.95 bits per heavy atom. The fraction of sp³-hybridized carbons (Fsp3) is 0.250. The Morgan fingerprint density at radius 2 is 1.62 bits per heavy atom. The maximum absolute atomic E-state index is 11.8. The van der Waals surface area contributed by atoms with Gasteiger partial charge in [-0.2, -0.15) is 8.42 Å². The molecule has 0 fully saturated rings. The van der Waals surface area contributed by atoms with E-state index < -0.39 is 10.1 Å². The van der Waals surface area contributed by atoms with Crippen LogP contribution in [0.5, 0.6) is 0 Å². The molecule has 1 heterocycles. The van der Waals surface area contributed by atoms with Gasteiger partial charge in [0.1, 0.15) is 5.69 Å². The van der Waals surface area contributed by atoms with Crippen molar-refractivity contribution in [2.24, 2.45) is 7.05 Å². The predicted octanol–water partition coefficient (Wildman–Crippen LogP) is -0.0779. The fourth-order valence-corrected chi connectivity index (χ4v) is 1.59. The second-order valence-electron chi connectivity index (χ2n) is 4.21. The number of nitrogen functional groups attached to an aromatic ring is 1. The Hall–Kier alpha value is -1.06. The van der Waals surface area contributed by atoms with Crippen molar-refractivity contribution in [3.63, 3.8) is 0 Å². The van der Waals surface area contributed by atoms with Gasteiger partial charge in [-0.1, -0.05) is 18.2 Å². The van der Waals surface area contributed by atoms with Crippen molar-refractivity contribution in [2.45, 2.75) is 6.92 Å². The van der Waals surface area contributed by atoms with Crippen LogP contribution >= 0.6 is 0 Å². The van der Waals surface area contributed by atoms with Gasteiger partial charge in [-0.3, -0.25) is 14.0 Å². The third-order valence-corrected chi connectivity index (χ3v) is 2.60. The summed E-state index contributed by atoms with van der Waals surface area (Å²) in [5.74, 6) is 0.